The Morgan fingerprint density at radius 2 is 1.76 bits per heavy atom. The first-order valence-corrected chi connectivity index (χ1v) is 12.5. The Kier molecular flexibility index (Phi) is 8.17. The zero-order valence-electron chi connectivity index (χ0n) is 19.3. The van der Waals surface area contributed by atoms with E-state index in [0.717, 1.165) is 36.5 Å². The van der Waals surface area contributed by atoms with Gasteiger partial charge in [-0.15, -0.1) is 0 Å². The zero-order chi connectivity index (χ0) is 23.8. The van der Waals surface area contributed by atoms with Gasteiger partial charge in [-0.05, 0) is 36.8 Å². The summed E-state index contributed by atoms with van der Waals surface area (Å²) in [4.78, 5) is 28.3. The normalized spacial score (nSPS) is 14.9. The van der Waals surface area contributed by atoms with E-state index in [4.69, 9.17) is 0 Å². The number of anilines is 1. The number of rotatable bonds is 9. The van der Waals surface area contributed by atoms with E-state index in [-0.39, 0.29) is 11.8 Å². The highest BCUT2D eigenvalue weighted by Crippen LogP contribution is 2.39. The van der Waals surface area contributed by atoms with Crippen LogP contribution in [0.3, 0.4) is 0 Å². The average molecular weight is 473 g/mol. The Morgan fingerprint density at radius 1 is 1.03 bits per heavy atom. The number of hydrogen-bond donors (Lipinski definition) is 3. The summed E-state index contributed by atoms with van der Waals surface area (Å²) in [5.41, 5.74) is 3.54. The van der Waals surface area contributed by atoms with Gasteiger partial charge in [-0.2, -0.15) is 0 Å². The minimum absolute atomic E-state index is 0.117. The van der Waals surface area contributed by atoms with Crippen molar-refractivity contribution in [3.63, 3.8) is 0 Å². The standard InChI is InChI=1S/C28H29N3O2S/c1-2-31(20-22-12-7-4-8-13-22)17-9-16-29-27(32)23-14-15-25-24(19-23)30-28(33)26(34-25)18-21-10-5-3-6-11-21/h3-8,10-15,18-19H,2,9,16-17,20H2,1H3,(H,29,32)(H,30,33)/p+1. The fourth-order valence-electron chi connectivity index (χ4n) is 3.92. The third kappa shape index (κ3) is 6.37. The molecule has 0 aromatic heterocycles. The first kappa shape index (κ1) is 23.8. The van der Waals surface area contributed by atoms with Crippen molar-refractivity contribution in [3.05, 3.63) is 100 Å². The predicted molar refractivity (Wildman–Crippen MR) is 139 cm³/mol. The molecular weight excluding hydrogens is 442 g/mol. The lowest BCUT2D eigenvalue weighted by molar-refractivity contribution is -0.912. The number of benzene rings is 3. The maximum atomic E-state index is 12.7. The number of quaternary nitrogens is 1. The lowest BCUT2D eigenvalue weighted by atomic mass is 10.1. The Hall–Kier alpha value is -3.35. The van der Waals surface area contributed by atoms with Crippen molar-refractivity contribution in [2.75, 3.05) is 25.0 Å². The Morgan fingerprint density at radius 3 is 2.50 bits per heavy atom. The monoisotopic (exact) mass is 472 g/mol. The molecule has 0 saturated heterocycles. The van der Waals surface area contributed by atoms with Gasteiger partial charge in [-0.25, -0.2) is 0 Å². The van der Waals surface area contributed by atoms with E-state index in [2.05, 4.69) is 41.8 Å². The molecule has 0 bridgehead atoms. The molecule has 0 aliphatic carbocycles. The largest absolute Gasteiger partial charge is 0.352 e. The van der Waals surface area contributed by atoms with Crippen LogP contribution in [0.5, 0.6) is 0 Å². The average Bonchev–Trinajstić information content (AvgIpc) is 2.87. The number of carbonyl (C=O) groups is 2. The molecule has 1 atom stereocenters. The van der Waals surface area contributed by atoms with Crippen molar-refractivity contribution in [2.24, 2.45) is 0 Å². The van der Waals surface area contributed by atoms with Crippen LogP contribution in [0.15, 0.2) is 88.7 Å². The molecular formula is C28H30N3O2S+. The molecule has 3 aromatic rings. The van der Waals surface area contributed by atoms with Crippen LogP contribution in [0.4, 0.5) is 5.69 Å². The summed E-state index contributed by atoms with van der Waals surface area (Å²) in [7, 11) is 0. The van der Waals surface area contributed by atoms with Crippen molar-refractivity contribution < 1.29 is 14.5 Å². The molecule has 34 heavy (non-hydrogen) atoms. The molecule has 4 rings (SSSR count). The predicted octanol–water partition coefficient (Wildman–Crippen LogP) is 4.00. The molecule has 0 spiro atoms. The quantitative estimate of drug-likeness (QED) is 0.326. The lowest BCUT2D eigenvalue weighted by Gasteiger charge is -2.20. The van der Waals surface area contributed by atoms with Gasteiger partial charge in [0.1, 0.15) is 6.54 Å². The Balaban J connectivity index is 1.30. The fourth-order valence-corrected chi connectivity index (χ4v) is 4.85. The molecule has 174 valence electrons. The summed E-state index contributed by atoms with van der Waals surface area (Å²) in [5, 5.41) is 5.95. The number of nitrogens with one attached hydrogen (secondary N) is 3. The molecule has 0 radical (unpaired) electrons. The third-order valence-corrected chi connectivity index (χ3v) is 6.92. The molecule has 5 nitrogen and oxygen atoms in total. The van der Waals surface area contributed by atoms with Gasteiger partial charge in [-0.1, -0.05) is 72.4 Å². The van der Waals surface area contributed by atoms with Crippen molar-refractivity contribution >= 4 is 35.3 Å². The van der Waals surface area contributed by atoms with E-state index in [1.54, 1.807) is 6.07 Å². The number of amides is 2. The summed E-state index contributed by atoms with van der Waals surface area (Å²) in [6.07, 6.45) is 2.79. The number of thioether (sulfide) groups is 1. The fraction of sp³-hybridized carbons (Fsp3) is 0.214. The lowest BCUT2D eigenvalue weighted by Crippen LogP contribution is -3.10. The third-order valence-electron chi connectivity index (χ3n) is 5.82. The molecule has 3 N–H and O–H groups in total. The second-order valence-electron chi connectivity index (χ2n) is 8.31. The number of fused-ring (bicyclic) bond motifs is 1. The van der Waals surface area contributed by atoms with E-state index < -0.39 is 0 Å². The van der Waals surface area contributed by atoms with Gasteiger partial charge in [0.2, 0.25) is 0 Å². The van der Waals surface area contributed by atoms with Gasteiger partial charge >= 0.3 is 0 Å². The van der Waals surface area contributed by atoms with Gasteiger partial charge in [0.05, 0.1) is 23.7 Å². The van der Waals surface area contributed by atoms with Crippen LogP contribution < -0.4 is 15.5 Å². The van der Waals surface area contributed by atoms with Crippen molar-refractivity contribution in [1.82, 2.24) is 5.32 Å². The topological polar surface area (TPSA) is 62.6 Å². The van der Waals surface area contributed by atoms with Crippen LogP contribution in [-0.4, -0.2) is 31.4 Å². The van der Waals surface area contributed by atoms with E-state index in [9.17, 15) is 9.59 Å². The van der Waals surface area contributed by atoms with E-state index in [1.165, 1.54) is 22.2 Å². The minimum atomic E-state index is -0.153. The molecule has 2 amide bonds. The molecule has 0 fully saturated rings. The number of hydrogen-bond acceptors (Lipinski definition) is 3. The van der Waals surface area contributed by atoms with Gasteiger partial charge in [-0.3, -0.25) is 9.59 Å². The Labute approximate surface area is 205 Å². The highest BCUT2D eigenvalue weighted by molar-refractivity contribution is 8.04. The first-order chi connectivity index (χ1) is 16.6. The second-order valence-corrected chi connectivity index (χ2v) is 9.40. The molecule has 3 aromatic carbocycles. The first-order valence-electron chi connectivity index (χ1n) is 11.7. The molecule has 1 aliphatic heterocycles. The van der Waals surface area contributed by atoms with E-state index >= 15 is 0 Å². The molecule has 0 saturated carbocycles. The van der Waals surface area contributed by atoms with Crippen molar-refractivity contribution in [2.45, 2.75) is 24.8 Å². The van der Waals surface area contributed by atoms with E-state index in [1.807, 2.05) is 54.6 Å². The summed E-state index contributed by atoms with van der Waals surface area (Å²) in [5.74, 6) is -0.270. The highest BCUT2D eigenvalue weighted by Gasteiger charge is 2.22. The van der Waals surface area contributed by atoms with Crippen LogP contribution in [0.25, 0.3) is 6.08 Å². The molecule has 6 heteroatoms. The van der Waals surface area contributed by atoms with Crippen LogP contribution in [-0.2, 0) is 11.3 Å². The van der Waals surface area contributed by atoms with Crippen LogP contribution in [0, 0.1) is 0 Å². The highest BCUT2D eigenvalue weighted by atomic mass is 32.2. The smallest absolute Gasteiger partial charge is 0.262 e. The number of carbonyl (C=O) groups excluding carboxylic acids is 2. The molecule has 1 aliphatic rings. The summed E-state index contributed by atoms with van der Waals surface area (Å²) >= 11 is 1.42. The van der Waals surface area contributed by atoms with Gasteiger partial charge in [0.25, 0.3) is 11.8 Å². The Bertz CT molecular complexity index is 1160. The summed E-state index contributed by atoms with van der Waals surface area (Å²) in [6, 6.07) is 25.7. The van der Waals surface area contributed by atoms with Crippen molar-refractivity contribution in [1.29, 1.82) is 0 Å². The SMILES string of the molecule is CC[NH+](CCCNC(=O)c1ccc2c(c1)NC(=O)C(=Cc1ccccc1)S2)Cc1ccccc1. The van der Waals surface area contributed by atoms with Crippen molar-refractivity contribution in [3.8, 4) is 0 Å². The maximum absolute atomic E-state index is 12.7. The maximum Gasteiger partial charge on any atom is 0.262 e. The van der Waals surface area contributed by atoms with Gasteiger partial charge in [0, 0.05) is 29.0 Å². The summed E-state index contributed by atoms with van der Waals surface area (Å²) in [6.45, 7) is 5.86. The molecule has 1 heterocycles. The van der Waals surface area contributed by atoms with Crippen LogP contribution in [0.1, 0.15) is 34.8 Å². The zero-order valence-corrected chi connectivity index (χ0v) is 20.2. The van der Waals surface area contributed by atoms with Crippen LogP contribution in [0.2, 0.25) is 0 Å². The van der Waals surface area contributed by atoms with Crippen LogP contribution >= 0.6 is 11.8 Å². The summed E-state index contributed by atoms with van der Waals surface area (Å²) < 4.78 is 0. The molecule has 1 unspecified atom stereocenters. The van der Waals surface area contributed by atoms with Gasteiger partial charge < -0.3 is 15.5 Å². The van der Waals surface area contributed by atoms with E-state index in [0.29, 0.717) is 22.7 Å². The minimum Gasteiger partial charge on any atom is -0.352 e. The van der Waals surface area contributed by atoms with Gasteiger partial charge in [0.15, 0.2) is 0 Å². The second kappa shape index (κ2) is 11.7.